The molecule has 11 heavy (non-hydrogen) atoms. The molecule has 0 radical (unpaired) electrons. The molecule has 0 aromatic heterocycles. The maximum atomic E-state index is 12.7. The van der Waals surface area contributed by atoms with Crippen LogP contribution < -0.4 is 0 Å². The van der Waals surface area contributed by atoms with E-state index in [4.69, 9.17) is 4.74 Å². The highest BCUT2D eigenvalue weighted by Crippen LogP contribution is 2.48. The molecule has 2 atom stereocenters. The summed E-state index contributed by atoms with van der Waals surface area (Å²) in [5, 5.41) is 0. The lowest BCUT2D eigenvalue weighted by atomic mass is 10.1. The molecule has 0 spiro atoms. The Balaban J connectivity index is 2.18. The Morgan fingerprint density at radius 2 is 2.36 bits per heavy atom. The van der Waals surface area contributed by atoms with Gasteiger partial charge in [0, 0.05) is 6.42 Å². The van der Waals surface area contributed by atoms with Crippen LogP contribution in [-0.4, -0.2) is 6.10 Å². The van der Waals surface area contributed by atoms with Gasteiger partial charge in [-0.25, -0.2) is 4.39 Å². The van der Waals surface area contributed by atoms with Gasteiger partial charge in [-0.15, -0.1) is 0 Å². The molecule has 3 rings (SSSR count). The van der Waals surface area contributed by atoms with Crippen molar-refractivity contribution in [1.29, 1.82) is 0 Å². The van der Waals surface area contributed by atoms with Crippen LogP contribution in [0.3, 0.4) is 0 Å². The van der Waals surface area contributed by atoms with Crippen molar-refractivity contribution >= 4 is 0 Å². The summed E-state index contributed by atoms with van der Waals surface area (Å²) in [5.41, 5.74) is 2.32. The Kier molecular flexibility index (Phi) is 0.853. The lowest BCUT2D eigenvalue weighted by Gasteiger charge is -2.00. The van der Waals surface area contributed by atoms with Gasteiger partial charge in [-0.05, 0) is 23.3 Å². The van der Waals surface area contributed by atoms with Crippen molar-refractivity contribution in [3.8, 4) is 0 Å². The Bertz CT molecular complexity index is 321. The average molecular weight is 150 g/mol. The zero-order valence-electron chi connectivity index (χ0n) is 5.88. The summed E-state index contributed by atoms with van der Waals surface area (Å²) in [4.78, 5) is 0. The monoisotopic (exact) mass is 150 g/mol. The predicted octanol–water partition coefficient (Wildman–Crippen LogP) is 1.82. The van der Waals surface area contributed by atoms with Crippen molar-refractivity contribution in [2.24, 2.45) is 0 Å². The first-order valence-corrected chi connectivity index (χ1v) is 3.78. The van der Waals surface area contributed by atoms with E-state index in [1.165, 1.54) is 11.6 Å². The van der Waals surface area contributed by atoms with Crippen LogP contribution in [0.25, 0.3) is 0 Å². The number of halogens is 1. The molecule has 0 bridgehead atoms. The number of benzene rings is 1. The smallest absolute Gasteiger partial charge is 0.123 e. The van der Waals surface area contributed by atoms with Gasteiger partial charge in [0.1, 0.15) is 11.9 Å². The molecule has 1 aromatic rings. The van der Waals surface area contributed by atoms with Crippen LogP contribution >= 0.6 is 0 Å². The van der Waals surface area contributed by atoms with E-state index < -0.39 is 0 Å². The fourth-order valence-electron chi connectivity index (χ4n) is 1.82. The molecule has 2 unspecified atom stereocenters. The molecule has 0 amide bonds. The van der Waals surface area contributed by atoms with Crippen LogP contribution in [0, 0.1) is 5.82 Å². The highest BCUT2D eigenvalue weighted by Gasteiger charge is 2.46. The van der Waals surface area contributed by atoms with E-state index in [2.05, 4.69) is 0 Å². The maximum Gasteiger partial charge on any atom is 0.123 e. The molecule has 2 heteroatoms. The van der Waals surface area contributed by atoms with Crippen molar-refractivity contribution in [3.05, 3.63) is 35.1 Å². The summed E-state index contributed by atoms with van der Waals surface area (Å²) in [6, 6.07) is 4.95. The highest BCUT2D eigenvalue weighted by atomic mass is 19.1. The molecule has 0 N–H and O–H groups in total. The van der Waals surface area contributed by atoms with E-state index in [1.54, 1.807) is 6.07 Å². The summed E-state index contributed by atoms with van der Waals surface area (Å²) in [7, 11) is 0. The molecule has 1 fully saturated rings. The standard InChI is InChI=1S/C9H7FO/c10-6-1-2-7-5(3-6)4-8-9(7)11-8/h1-3,8-9H,4H2. The van der Waals surface area contributed by atoms with Gasteiger partial charge in [0.25, 0.3) is 0 Å². The van der Waals surface area contributed by atoms with Gasteiger partial charge < -0.3 is 4.74 Å². The van der Waals surface area contributed by atoms with Crippen molar-refractivity contribution in [3.63, 3.8) is 0 Å². The lowest BCUT2D eigenvalue weighted by Crippen LogP contribution is -1.89. The van der Waals surface area contributed by atoms with Gasteiger partial charge in [-0.1, -0.05) is 6.07 Å². The third kappa shape index (κ3) is 0.676. The van der Waals surface area contributed by atoms with E-state index in [0.717, 1.165) is 12.0 Å². The van der Waals surface area contributed by atoms with Crippen molar-refractivity contribution < 1.29 is 9.13 Å². The second-order valence-electron chi connectivity index (χ2n) is 3.14. The van der Waals surface area contributed by atoms with Gasteiger partial charge in [-0.2, -0.15) is 0 Å². The Labute approximate surface area is 63.8 Å². The van der Waals surface area contributed by atoms with Crippen LogP contribution in [0.4, 0.5) is 4.39 Å². The fourth-order valence-corrected chi connectivity index (χ4v) is 1.82. The first-order valence-electron chi connectivity index (χ1n) is 3.78. The molecule has 1 aliphatic heterocycles. The summed E-state index contributed by atoms with van der Waals surface area (Å²) >= 11 is 0. The quantitative estimate of drug-likeness (QED) is 0.514. The number of ether oxygens (including phenoxy) is 1. The summed E-state index contributed by atoms with van der Waals surface area (Å²) in [6.45, 7) is 0. The normalized spacial score (nSPS) is 31.4. The van der Waals surface area contributed by atoms with Gasteiger partial charge in [0.05, 0.1) is 6.10 Å². The Morgan fingerprint density at radius 3 is 3.27 bits per heavy atom. The van der Waals surface area contributed by atoms with Crippen LogP contribution in [0.15, 0.2) is 18.2 Å². The lowest BCUT2D eigenvalue weighted by molar-refractivity contribution is 0.360. The van der Waals surface area contributed by atoms with Crippen molar-refractivity contribution in [2.75, 3.05) is 0 Å². The number of hydrogen-bond donors (Lipinski definition) is 0. The number of fused-ring (bicyclic) bond motifs is 3. The first kappa shape index (κ1) is 5.72. The molecular formula is C9H7FO. The summed E-state index contributed by atoms with van der Waals surface area (Å²) in [6.07, 6.45) is 1.56. The third-order valence-corrected chi connectivity index (χ3v) is 2.42. The minimum atomic E-state index is -0.134. The Morgan fingerprint density at radius 1 is 1.45 bits per heavy atom. The van der Waals surface area contributed by atoms with Crippen LogP contribution in [0.5, 0.6) is 0 Å². The largest absolute Gasteiger partial charge is 0.364 e. The number of epoxide rings is 1. The zero-order valence-corrected chi connectivity index (χ0v) is 5.88. The van der Waals surface area contributed by atoms with Gasteiger partial charge in [-0.3, -0.25) is 0 Å². The van der Waals surface area contributed by atoms with Gasteiger partial charge in [0.15, 0.2) is 0 Å². The SMILES string of the molecule is Fc1ccc2c(c1)CC1OC21. The van der Waals surface area contributed by atoms with Gasteiger partial charge >= 0.3 is 0 Å². The molecule has 1 saturated heterocycles. The summed E-state index contributed by atoms with van der Waals surface area (Å²) < 4.78 is 18.0. The number of hydrogen-bond acceptors (Lipinski definition) is 1. The average Bonchev–Trinajstić information content (AvgIpc) is 2.63. The van der Waals surface area contributed by atoms with Crippen molar-refractivity contribution in [1.82, 2.24) is 0 Å². The molecular weight excluding hydrogens is 143 g/mol. The van der Waals surface area contributed by atoms with Crippen LogP contribution in [0.1, 0.15) is 17.2 Å². The molecule has 1 aliphatic carbocycles. The molecule has 1 nitrogen and oxygen atoms in total. The Hall–Kier alpha value is -0.890. The van der Waals surface area contributed by atoms with E-state index in [1.807, 2.05) is 6.07 Å². The maximum absolute atomic E-state index is 12.7. The molecule has 2 aliphatic rings. The zero-order chi connectivity index (χ0) is 7.42. The second-order valence-corrected chi connectivity index (χ2v) is 3.14. The topological polar surface area (TPSA) is 12.5 Å². The van der Waals surface area contributed by atoms with Crippen molar-refractivity contribution in [2.45, 2.75) is 18.6 Å². The van der Waals surface area contributed by atoms with Gasteiger partial charge in [0.2, 0.25) is 0 Å². The number of rotatable bonds is 0. The van der Waals surface area contributed by atoms with Crippen LogP contribution in [0.2, 0.25) is 0 Å². The minimum Gasteiger partial charge on any atom is -0.364 e. The predicted molar refractivity (Wildman–Crippen MR) is 37.7 cm³/mol. The van der Waals surface area contributed by atoms with E-state index in [-0.39, 0.29) is 5.82 Å². The second kappa shape index (κ2) is 1.64. The van der Waals surface area contributed by atoms with E-state index in [0.29, 0.717) is 12.2 Å². The highest BCUT2D eigenvalue weighted by molar-refractivity contribution is 5.39. The first-order chi connectivity index (χ1) is 5.34. The fraction of sp³-hybridized carbons (Fsp3) is 0.333. The molecule has 1 aromatic carbocycles. The summed E-state index contributed by atoms with van der Waals surface area (Å²) in [5.74, 6) is -0.134. The minimum absolute atomic E-state index is 0.134. The molecule has 56 valence electrons. The third-order valence-electron chi connectivity index (χ3n) is 2.42. The van der Waals surface area contributed by atoms with E-state index in [9.17, 15) is 4.39 Å². The molecule has 0 saturated carbocycles. The van der Waals surface area contributed by atoms with E-state index >= 15 is 0 Å². The molecule has 1 heterocycles. The van der Waals surface area contributed by atoms with Crippen LogP contribution in [-0.2, 0) is 11.2 Å².